The summed E-state index contributed by atoms with van der Waals surface area (Å²) in [5, 5.41) is 7.58. The Morgan fingerprint density at radius 3 is 2.74 bits per heavy atom. The zero-order valence-corrected chi connectivity index (χ0v) is 11.8. The topological polar surface area (TPSA) is 55.6 Å². The van der Waals surface area contributed by atoms with Crippen LogP contribution in [0.4, 0.5) is 5.82 Å². The van der Waals surface area contributed by atoms with Gasteiger partial charge < -0.3 is 5.32 Å². The standard InChI is InChI=1S/C14H21N5/c1-4-7-19-10-11(9-16-19)14-17-12(5-2)8-13(18-14)15-6-3/h8-10H,4-7H2,1-3H3,(H,15,17,18). The Hall–Kier alpha value is -1.91. The summed E-state index contributed by atoms with van der Waals surface area (Å²) >= 11 is 0. The summed E-state index contributed by atoms with van der Waals surface area (Å²) in [4.78, 5) is 9.11. The third kappa shape index (κ3) is 3.30. The monoisotopic (exact) mass is 259 g/mol. The lowest BCUT2D eigenvalue weighted by Crippen LogP contribution is -2.03. The lowest BCUT2D eigenvalue weighted by molar-refractivity contribution is 0.603. The highest BCUT2D eigenvalue weighted by Crippen LogP contribution is 2.17. The molecule has 0 aromatic carbocycles. The van der Waals surface area contributed by atoms with Crippen LogP contribution in [0.25, 0.3) is 11.4 Å². The molecule has 1 N–H and O–H groups in total. The van der Waals surface area contributed by atoms with Gasteiger partial charge in [-0.3, -0.25) is 4.68 Å². The molecule has 0 atom stereocenters. The van der Waals surface area contributed by atoms with Crippen molar-refractivity contribution in [1.82, 2.24) is 19.7 Å². The molecule has 5 heteroatoms. The van der Waals surface area contributed by atoms with E-state index in [4.69, 9.17) is 0 Å². The van der Waals surface area contributed by atoms with Crippen molar-refractivity contribution in [2.45, 2.75) is 40.2 Å². The Bertz CT molecular complexity index is 532. The molecule has 2 heterocycles. The van der Waals surface area contributed by atoms with Crippen LogP contribution in [-0.2, 0) is 13.0 Å². The number of nitrogens with one attached hydrogen (secondary N) is 1. The highest BCUT2D eigenvalue weighted by molar-refractivity contribution is 5.55. The van der Waals surface area contributed by atoms with Crippen molar-refractivity contribution in [3.05, 3.63) is 24.2 Å². The zero-order chi connectivity index (χ0) is 13.7. The fourth-order valence-corrected chi connectivity index (χ4v) is 1.91. The predicted octanol–water partition coefficient (Wildman–Crippen LogP) is 2.74. The van der Waals surface area contributed by atoms with Crippen LogP contribution in [-0.4, -0.2) is 26.3 Å². The first-order valence-corrected chi connectivity index (χ1v) is 6.91. The number of hydrogen-bond acceptors (Lipinski definition) is 4. The Labute approximate surface area is 114 Å². The molecule has 0 bridgehead atoms. The van der Waals surface area contributed by atoms with Crippen LogP contribution < -0.4 is 5.32 Å². The van der Waals surface area contributed by atoms with E-state index in [0.29, 0.717) is 0 Å². The van der Waals surface area contributed by atoms with Gasteiger partial charge in [0.2, 0.25) is 0 Å². The van der Waals surface area contributed by atoms with Crippen molar-refractivity contribution in [3.8, 4) is 11.4 Å². The average Bonchev–Trinajstić information content (AvgIpc) is 2.88. The molecule has 0 amide bonds. The first-order chi connectivity index (χ1) is 9.26. The maximum absolute atomic E-state index is 4.57. The van der Waals surface area contributed by atoms with Crippen molar-refractivity contribution in [2.75, 3.05) is 11.9 Å². The highest BCUT2D eigenvalue weighted by Gasteiger charge is 2.08. The Balaban J connectivity index is 2.33. The molecule has 0 fully saturated rings. The largest absolute Gasteiger partial charge is 0.370 e. The van der Waals surface area contributed by atoms with Crippen LogP contribution >= 0.6 is 0 Å². The smallest absolute Gasteiger partial charge is 0.164 e. The van der Waals surface area contributed by atoms with Crippen molar-refractivity contribution in [3.63, 3.8) is 0 Å². The van der Waals surface area contributed by atoms with Gasteiger partial charge in [-0.1, -0.05) is 13.8 Å². The van der Waals surface area contributed by atoms with Crippen molar-refractivity contribution in [1.29, 1.82) is 0 Å². The quantitative estimate of drug-likeness (QED) is 0.866. The van der Waals surface area contributed by atoms with E-state index in [1.165, 1.54) is 0 Å². The van der Waals surface area contributed by atoms with Crippen LogP contribution in [0.2, 0.25) is 0 Å². The third-order valence-corrected chi connectivity index (χ3v) is 2.84. The second kappa shape index (κ2) is 6.31. The van der Waals surface area contributed by atoms with E-state index >= 15 is 0 Å². The van der Waals surface area contributed by atoms with E-state index < -0.39 is 0 Å². The summed E-state index contributed by atoms with van der Waals surface area (Å²) in [7, 11) is 0. The van der Waals surface area contributed by atoms with E-state index in [2.05, 4.69) is 41.2 Å². The fourth-order valence-electron chi connectivity index (χ4n) is 1.91. The molecule has 2 aromatic rings. The molecule has 19 heavy (non-hydrogen) atoms. The highest BCUT2D eigenvalue weighted by atomic mass is 15.3. The maximum atomic E-state index is 4.57. The van der Waals surface area contributed by atoms with Crippen LogP contribution in [0.15, 0.2) is 18.5 Å². The second-order valence-corrected chi connectivity index (χ2v) is 4.44. The molecule has 2 aromatic heterocycles. The summed E-state index contributed by atoms with van der Waals surface area (Å²) in [5.41, 5.74) is 2.02. The minimum atomic E-state index is 0.748. The van der Waals surface area contributed by atoms with E-state index in [9.17, 15) is 0 Å². The number of aryl methyl sites for hydroxylation is 2. The van der Waals surface area contributed by atoms with Gasteiger partial charge in [0.15, 0.2) is 5.82 Å². The molecule has 0 aliphatic heterocycles. The second-order valence-electron chi connectivity index (χ2n) is 4.44. The van der Waals surface area contributed by atoms with E-state index in [1.807, 2.05) is 23.1 Å². The minimum Gasteiger partial charge on any atom is -0.370 e. The molecular weight excluding hydrogens is 238 g/mol. The van der Waals surface area contributed by atoms with Gasteiger partial charge in [-0.05, 0) is 19.8 Å². The molecule has 102 valence electrons. The molecular formula is C14H21N5. The van der Waals surface area contributed by atoms with Gasteiger partial charge >= 0.3 is 0 Å². The molecule has 0 radical (unpaired) electrons. The minimum absolute atomic E-state index is 0.748. The molecule has 0 aliphatic rings. The molecule has 5 nitrogen and oxygen atoms in total. The first kappa shape index (κ1) is 13.5. The number of anilines is 1. The first-order valence-electron chi connectivity index (χ1n) is 6.91. The number of aromatic nitrogens is 4. The van der Waals surface area contributed by atoms with Crippen molar-refractivity contribution < 1.29 is 0 Å². The van der Waals surface area contributed by atoms with Gasteiger partial charge in [0, 0.05) is 31.0 Å². The van der Waals surface area contributed by atoms with Crippen molar-refractivity contribution in [2.24, 2.45) is 0 Å². The average molecular weight is 259 g/mol. The van der Waals surface area contributed by atoms with Crippen LogP contribution in [0.3, 0.4) is 0 Å². The SMILES string of the molecule is CCCn1cc(-c2nc(CC)cc(NCC)n2)cn1. The van der Waals surface area contributed by atoms with Gasteiger partial charge in [0.25, 0.3) is 0 Å². The zero-order valence-electron chi connectivity index (χ0n) is 11.8. The molecule has 0 saturated heterocycles. The summed E-state index contributed by atoms with van der Waals surface area (Å²) in [6.45, 7) is 8.08. The van der Waals surface area contributed by atoms with Crippen molar-refractivity contribution >= 4 is 5.82 Å². The van der Waals surface area contributed by atoms with Gasteiger partial charge in [-0.25, -0.2) is 9.97 Å². The van der Waals surface area contributed by atoms with Gasteiger partial charge in [0.1, 0.15) is 5.82 Å². The molecule has 0 spiro atoms. The fraction of sp³-hybridized carbons (Fsp3) is 0.500. The van der Waals surface area contributed by atoms with E-state index in [-0.39, 0.29) is 0 Å². The number of nitrogens with zero attached hydrogens (tertiary/aromatic N) is 4. The van der Waals surface area contributed by atoms with E-state index in [0.717, 1.165) is 48.8 Å². The summed E-state index contributed by atoms with van der Waals surface area (Å²) in [6.07, 6.45) is 5.81. The Morgan fingerprint density at radius 1 is 1.21 bits per heavy atom. The summed E-state index contributed by atoms with van der Waals surface area (Å²) < 4.78 is 1.93. The van der Waals surface area contributed by atoms with Gasteiger partial charge in [0.05, 0.1) is 11.8 Å². The molecule has 0 unspecified atom stereocenters. The maximum Gasteiger partial charge on any atom is 0.164 e. The van der Waals surface area contributed by atoms with Crippen LogP contribution in [0, 0.1) is 0 Å². The predicted molar refractivity (Wildman–Crippen MR) is 77.1 cm³/mol. The normalized spacial score (nSPS) is 10.7. The third-order valence-electron chi connectivity index (χ3n) is 2.84. The van der Waals surface area contributed by atoms with E-state index in [1.54, 1.807) is 0 Å². The molecule has 0 aliphatic carbocycles. The van der Waals surface area contributed by atoms with Gasteiger partial charge in [-0.2, -0.15) is 5.10 Å². The Kier molecular flexibility index (Phi) is 4.49. The lowest BCUT2D eigenvalue weighted by Gasteiger charge is -2.06. The number of hydrogen-bond donors (Lipinski definition) is 1. The van der Waals surface area contributed by atoms with Crippen LogP contribution in [0.5, 0.6) is 0 Å². The Morgan fingerprint density at radius 2 is 2.05 bits per heavy atom. The van der Waals surface area contributed by atoms with Crippen LogP contribution in [0.1, 0.15) is 32.9 Å². The summed E-state index contributed by atoms with van der Waals surface area (Å²) in [6, 6.07) is 2.00. The lowest BCUT2D eigenvalue weighted by atomic mass is 10.2. The molecule has 0 saturated carbocycles. The molecule has 2 rings (SSSR count). The summed E-state index contributed by atoms with van der Waals surface area (Å²) in [5.74, 6) is 1.63. The van der Waals surface area contributed by atoms with Gasteiger partial charge in [-0.15, -0.1) is 0 Å². The number of rotatable bonds is 6.